The Balaban J connectivity index is 1.36. The summed E-state index contributed by atoms with van der Waals surface area (Å²) in [4.78, 5) is 23.8. The average Bonchev–Trinajstić information content (AvgIpc) is 3.40. The Bertz CT molecular complexity index is 1210. The van der Waals surface area contributed by atoms with E-state index in [0.717, 1.165) is 28.3 Å². The van der Waals surface area contributed by atoms with Crippen molar-refractivity contribution < 1.29 is 23.8 Å². The number of hydrogen-bond donors (Lipinski definition) is 2. The minimum atomic E-state index is -0.376. The number of methoxy groups -OCH3 is 1. The Morgan fingerprint density at radius 3 is 2.61 bits per heavy atom. The van der Waals surface area contributed by atoms with Crippen LogP contribution in [0.25, 0.3) is 5.69 Å². The smallest absolute Gasteiger partial charge is 0.337 e. The molecule has 2 aromatic carbocycles. The van der Waals surface area contributed by atoms with E-state index >= 15 is 0 Å². The maximum atomic E-state index is 12.1. The van der Waals surface area contributed by atoms with Crippen LogP contribution in [0.3, 0.4) is 0 Å². The zero-order chi connectivity index (χ0) is 23.4. The first-order valence-electron chi connectivity index (χ1n) is 10.3. The van der Waals surface area contributed by atoms with Crippen LogP contribution in [0.15, 0.2) is 53.6 Å². The minimum Gasteiger partial charge on any atom is -0.465 e. The Kier molecular flexibility index (Phi) is 6.30. The molecule has 170 valence electrons. The quantitative estimate of drug-likeness (QED) is 0.327. The van der Waals surface area contributed by atoms with Crippen molar-refractivity contribution in [1.29, 1.82) is 0 Å². The summed E-state index contributed by atoms with van der Waals surface area (Å²) in [5.41, 5.74) is 7.50. The van der Waals surface area contributed by atoms with Crippen molar-refractivity contribution in [3.63, 3.8) is 0 Å². The molecule has 0 radical (unpaired) electrons. The molecule has 9 nitrogen and oxygen atoms in total. The molecule has 33 heavy (non-hydrogen) atoms. The molecular weight excluding hydrogens is 424 g/mol. The zero-order valence-electron chi connectivity index (χ0n) is 18.5. The van der Waals surface area contributed by atoms with E-state index in [9.17, 15) is 9.59 Å². The fourth-order valence-corrected chi connectivity index (χ4v) is 3.58. The van der Waals surface area contributed by atoms with E-state index in [1.807, 2.05) is 42.7 Å². The standard InChI is InChI=1S/C24H24N4O5/c1-15-10-18(16(2)28(15)20-7-4-17(5-8-20)24(30)31-3)12-26-27-23(29)13-25-19-6-9-21-22(11-19)33-14-32-21/h4-12,25H,13-14H2,1-3H3,(H,27,29). The van der Waals surface area contributed by atoms with Crippen molar-refractivity contribution in [2.24, 2.45) is 5.10 Å². The molecule has 4 rings (SSSR count). The molecule has 0 fully saturated rings. The number of hydrazone groups is 1. The van der Waals surface area contributed by atoms with E-state index in [-0.39, 0.29) is 25.2 Å². The van der Waals surface area contributed by atoms with Gasteiger partial charge in [0, 0.05) is 34.4 Å². The van der Waals surface area contributed by atoms with Crippen molar-refractivity contribution in [3.05, 3.63) is 71.0 Å². The number of nitrogens with zero attached hydrogens (tertiary/aromatic N) is 2. The highest BCUT2D eigenvalue weighted by molar-refractivity contribution is 5.89. The summed E-state index contributed by atoms with van der Waals surface area (Å²) in [6, 6.07) is 14.5. The summed E-state index contributed by atoms with van der Waals surface area (Å²) in [5, 5.41) is 7.11. The lowest BCUT2D eigenvalue weighted by molar-refractivity contribution is -0.119. The lowest BCUT2D eigenvalue weighted by Crippen LogP contribution is -2.25. The van der Waals surface area contributed by atoms with Crippen molar-refractivity contribution >= 4 is 23.8 Å². The second kappa shape index (κ2) is 9.47. The van der Waals surface area contributed by atoms with Gasteiger partial charge in [0.15, 0.2) is 11.5 Å². The second-order valence-corrected chi connectivity index (χ2v) is 7.42. The van der Waals surface area contributed by atoms with Gasteiger partial charge in [-0.25, -0.2) is 10.2 Å². The minimum absolute atomic E-state index is 0.0581. The molecule has 2 heterocycles. The van der Waals surface area contributed by atoms with Gasteiger partial charge in [-0.3, -0.25) is 4.79 Å². The fraction of sp³-hybridized carbons (Fsp3) is 0.208. The molecule has 0 aliphatic carbocycles. The summed E-state index contributed by atoms with van der Waals surface area (Å²) in [6.45, 7) is 4.20. The predicted molar refractivity (Wildman–Crippen MR) is 123 cm³/mol. The molecule has 9 heteroatoms. The van der Waals surface area contributed by atoms with Gasteiger partial charge in [-0.1, -0.05) is 0 Å². The molecule has 1 aliphatic rings. The molecule has 0 atom stereocenters. The molecular formula is C24H24N4O5. The molecule has 0 saturated heterocycles. The largest absolute Gasteiger partial charge is 0.465 e. The van der Waals surface area contributed by atoms with E-state index in [1.54, 1.807) is 30.5 Å². The molecule has 3 aromatic rings. The Hall–Kier alpha value is -4.27. The average molecular weight is 448 g/mol. The number of anilines is 1. The maximum Gasteiger partial charge on any atom is 0.337 e. The van der Waals surface area contributed by atoms with Gasteiger partial charge < -0.3 is 24.1 Å². The summed E-state index contributed by atoms with van der Waals surface area (Å²) in [5.74, 6) is 0.676. The van der Waals surface area contributed by atoms with Gasteiger partial charge >= 0.3 is 5.97 Å². The highest BCUT2D eigenvalue weighted by Gasteiger charge is 2.14. The highest BCUT2D eigenvalue weighted by Crippen LogP contribution is 2.34. The fourth-order valence-electron chi connectivity index (χ4n) is 3.58. The zero-order valence-corrected chi connectivity index (χ0v) is 18.5. The second-order valence-electron chi connectivity index (χ2n) is 7.42. The normalized spacial score (nSPS) is 12.1. The lowest BCUT2D eigenvalue weighted by atomic mass is 10.2. The number of fused-ring (bicyclic) bond motifs is 1. The number of rotatable bonds is 7. The number of carbonyl (C=O) groups is 2. The maximum absolute atomic E-state index is 12.1. The molecule has 2 N–H and O–H groups in total. The number of hydrogen-bond acceptors (Lipinski definition) is 7. The van der Waals surface area contributed by atoms with Crippen LogP contribution in [0, 0.1) is 13.8 Å². The Morgan fingerprint density at radius 2 is 1.85 bits per heavy atom. The lowest BCUT2D eigenvalue weighted by Gasteiger charge is -2.10. The highest BCUT2D eigenvalue weighted by atomic mass is 16.7. The summed E-state index contributed by atoms with van der Waals surface area (Å²) in [7, 11) is 1.36. The number of amides is 1. The Labute approximate surface area is 191 Å². The number of benzene rings is 2. The SMILES string of the molecule is COC(=O)c1ccc(-n2c(C)cc(C=NNC(=O)CNc3ccc4c(c3)OCO4)c2C)cc1. The first kappa shape index (κ1) is 21.9. The van der Waals surface area contributed by atoms with Gasteiger partial charge in [-0.15, -0.1) is 0 Å². The van der Waals surface area contributed by atoms with Gasteiger partial charge in [0.1, 0.15) is 0 Å². The van der Waals surface area contributed by atoms with Crippen LogP contribution in [0.4, 0.5) is 5.69 Å². The Morgan fingerprint density at radius 1 is 1.09 bits per heavy atom. The van der Waals surface area contributed by atoms with Crippen molar-refractivity contribution in [2.75, 3.05) is 25.8 Å². The predicted octanol–water partition coefficient (Wildman–Crippen LogP) is 3.17. The van der Waals surface area contributed by atoms with Gasteiger partial charge in [-0.2, -0.15) is 5.10 Å². The van der Waals surface area contributed by atoms with Gasteiger partial charge in [0.05, 0.1) is 25.4 Å². The summed E-state index contributed by atoms with van der Waals surface area (Å²) in [6.07, 6.45) is 1.61. The van der Waals surface area contributed by atoms with Crippen LogP contribution in [0.1, 0.15) is 27.3 Å². The molecule has 0 bridgehead atoms. The van der Waals surface area contributed by atoms with E-state index in [1.165, 1.54) is 7.11 Å². The van der Waals surface area contributed by atoms with Crippen LogP contribution in [-0.2, 0) is 9.53 Å². The summed E-state index contributed by atoms with van der Waals surface area (Å²) >= 11 is 0. The monoisotopic (exact) mass is 448 g/mol. The molecule has 0 saturated carbocycles. The third-order valence-corrected chi connectivity index (χ3v) is 5.24. The topological polar surface area (TPSA) is 103 Å². The van der Waals surface area contributed by atoms with Crippen LogP contribution in [0.2, 0.25) is 0 Å². The van der Waals surface area contributed by atoms with Crippen LogP contribution in [-0.4, -0.2) is 43.1 Å². The summed E-state index contributed by atoms with van der Waals surface area (Å²) < 4.78 is 17.4. The van der Waals surface area contributed by atoms with E-state index < -0.39 is 0 Å². The number of esters is 1. The molecule has 0 unspecified atom stereocenters. The van der Waals surface area contributed by atoms with Crippen LogP contribution < -0.4 is 20.2 Å². The first-order chi connectivity index (χ1) is 16.0. The van der Waals surface area contributed by atoms with Gasteiger partial charge in [0.2, 0.25) is 6.79 Å². The van der Waals surface area contributed by atoms with E-state index in [4.69, 9.17) is 14.2 Å². The van der Waals surface area contributed by atoms with E-state index in [2.05, 4.69) is 15.8 Å². The number of nitrogens with one attached hydrogen (secondary N) is 2. The third kappa shape index (κ3) is 4.82. The van der Waals surface area contributed by atoms with Gasteiger partial charge in [-0.05, 0) is 56.3 Å². The van der Waals surface area contributed by atoms with Crippen LogP contribution >= 0.6 is 0 Å². The number of carbonyl (C=O) groups excluding carboxylic acids is 2. The third-order valence-electron chi connectivity index (χ3n) is 5.24. The number of ether oxygens (including phenoxy) is 3. The number of aromatic nitrogens is 1. The molecule has 1 aliphatic heterocycles. The molecule has 0 spiro atoms. The molecule has 1 aromatic heterocycles. The molecule has 1 amide bonds. The van der Waals surface area contributed by atoms with E-state index in [0.29, 0.717) is 17.1 Å². The van der Waals surface area contributed by atoms with Crippen molar-refractivity contribution in [3.8, 4) is 17.2 Å². The van der Waals surface area contributed by atoms with Crippen LogP contribution in [0.5, 0.6) is 11.5 Å². The number of aryl methyl sites for hydroxylation is 1. The van der Waals surface area contributed by atoms with Gasteiger partial charge in [0.25, 0.3) is 5.91 Å². The van der Waals surface area contributed by atoms with Crippen molar-refractivity contribution in [2.45, 2.75) is 13.8 Å². The van der Waals surface area contributed by atoms with Crippen molar-refractivity contribution in [1.82, 2.24) is 9.99 Å². The first-order valence-corrected chi connectivity index (χ1v) is 10.3.